The summed E-state index contributed by atoms with van der Waals surface area (Å²) in [5.41, 5.74) is 1.40. The van der Waals surface area contributed by atoms with Gasteiger partial charge in [0.25, 0.3) is 0 Å². The fraction of sp³-hybridized carbons (Fsp3) is 0.235. The van der Waals surface area contributed by atoms with E-state index in [0.717, 1.165) is 5.69 Å². The summed E-state index contributed by atoms with van der Waals surface area (Å²) >= 11 is 5.80. The van der Waals surface area contributed by atoms with Gasteiger partial charge in [0, 0.05) is 17.3 Å². The molecular weight excluding hydrogens is 348 g/mol. The maximum Gasteiger partial charge on any atom is 0.245 e. The van der Waals surface area contributed by atoms with E-state index in [9.17, 15) is 13.2 Å². The molecule has 1 unspecified atom stereocenters. The first kappa shape index (κ1) is 17.0. The van der Waals surface area contributed by atoms with Crippen LogP contribution in [0.2, 0.25) is 5.02 Å². The van der Waals surface area contributed by atoms with Crippen LogP contribution in [0.3, 0.4) is 0 Å². The Balaban J connectivity index is 1.67. The fourth-order valence-corrected chi connectivity index (χ4v) is 4.20. The van der Waals surface area contributed by atoms with Crippen LogP contribution in [-0.2, 0) is 20.6 Å². The lowest BCUT2D eigenvalue weighted by Gasteiger charge is -2.17. The van der Waals surface area contributed by atoms with E-state index in [1.54, 1.807) is 29.2 Å². The van der Waals surface area contributed by atoms with E-state index < -0.39 is 16.1 Å². The van der Waals surface area contributed by atoms with Crippen molar-refractivity contribution < 1.29 is 13.2 Å². The molecule has 0 bridgehead atoms. The summed E-state index contributed by atoms with van der Waals surface area (Å²) in [6, 6.07) is 15.1. The molecule has 0 aliphatic carbocycles. The molecular formula is C17H17ClN2O3S. The number of anilines is 1. The Labute approximate surface area is 146 Å². The second-order valence-corrected chi connectivity index (χ2v) is 7.86. The van der Waals surface area contributed by atoms with Crippen LogP contribution in [0.1, 0.15) is 12.0 Å². The molecule has 7 heteroatoms. The quantitative estimate of drug-likeness (QED) is 0.886. The third kappa shape index (κ3) is 3.95. The lowest BCUT2D eigenvalue weighted by molar-refractivity contribution is -0.118. The zero-order chi connectivity index (χ0) is 17.2. The van der Waals surface area contributed by atoms with Gasteiger partial charge in [0.1, 0.15) is 6.04 Å². The van der Waals surface area contributed by atoms with E-state index in [4.69, 9.17) is 11.6 Å². The Morgan fingerprint density at radius 3 is 2.42 bits per heavy atom. The molecule has 0 spiro atoms. The van der Waals surface area contributed by atoms with Crippen LogP contribution in [0.15, 0.2) is 54.6 Å². The highest BCUT2D eigenvalue weighted by molar-refractivity contribution is 7.88. The number of sulfonamides is 1. The fourth-order valence-electron chi connectivity index (χ4n) is 2.71. The highest BCUT2D eigenvalue weighted by Gasteiger charge is 2.35. The Kier molecular flexibility index (Phi) is 4.89. The van der Waals surface area contributed by atoms with Crippen LogP contribution in [0.4, 0.5) is 5.69 Å². The molecule has 3 rings (SSSR count). The Bertz CT molecular complexity index is 823. The second kappa shape index (κ2) is 6.93. The van der Waals surface area contributed by atoms with Crippen molar-refractivity contribution >= 4 is 33.2 Å². The van der Waals surface area contributed by atoms with Crippen molar-refractivity contribution in [2.75, 3.05) is 11.4 Å². The number of para-hydroxylation sites is 1. The molecule has 2 aromatic carbocycles. The van der Waals surface area contributed by atoms with Gasteiger partial charge < -0.3 is 4.90 Å². The van der Waals surface area contributed by atoms with E-state index in [-0.39, 0.29) is 11.7 Å². The molecule has 0 radical (unpaired) electrons. The van der Waals surface area contributed by atoms with Gasteiger partial charge in [-0.25, -0.2) is 13.1 Å². The van der Waals surface area contributed by atoms with Crippen LogP contribution in [0.25, 0.3) is 0 Å². The first-order valence-corrected chi connectivity index (χ1v) is 9.58. The van der Waals surface area contributed by atoms with Gasteiger partial charge in [0.15, 0.2) is 0 Å². The molecule has 1 saturated heterocycles. The summed E-state index contributed by atoms with van der Waals surface area (Å²) in [4.78, 5) is 14.1. The summed E-state index contributed by atoms with van der Waals surface area (Å²) in [7, 11) is -3.61. The molecule has 0 saturated carbocycles. The summed E-state index contributed by atoms with van der Waals surface area (Å²) in [6.45, 7) is 0.497. The standard InChI is InChI=1S/C17H17ClN2O3S/c18-14-8-6-13(7-9-14)12-24(22,23)19-16-10-11-20(17(16)21)15-4-2-1-3-5-15/h1-9,16,19H,10-12H2. The number of amides is 1. The van der Waals surface area contributed by atoms with Crippen molar-refractivity contribution in [2.45, 2.75) is 18.2 Å². The number of carbonyl (C=O) groups is 1. The van der Waals surface area contributed by atoms with Crippen molar-refractivity contribution in [2.24, 2.45) is 0 Å². The molecule has 2 aromatic rings. The van der Waals surface area contributed by atoms with E-state index in [2.05, 4.69) is 4.72 Å². The molecule has 1 amide bonds. The molecule has 1 atom stereocenters. The zero-order valence-electron chi connectivity index (χ0n) is 12.9. The number of hydrogen-bond acceptors (Lipinski definition) is 3. The van der Waals surface area contributed by atoms with Gasteiger partial charge in [0.05, 0.1) is 5.75 Å². The zero-order valence-corrected chi connectivity index (χ0v) is 14.4. The number of halogens is 1. The van der Waals surface area contributed by atoms with Crippen molar-refractivity contribution in [3.05, 3.63) is 65.2 Å². The molecule has 24 heavy (non-hydrogen) atoms. The molecule has 1 heterocycles. The van der Waals surface area contributed by atoms with Crippen LogP contribution in [0.5, 0.6) is 0 Å². The van der Waals surface area contributed by atoms with Gasteiger partial charge in [-0.1, -0.05) is 41.9 Å². The summed E-state index contributed by atoms with van der Waals surface area (Å²) in [5, 5.41) is 0.550. The number of benzene rings is 2. The van der Waals surface area contributed by atoms with Crippen molar-refractivity contribution in [1.29, 1.82) is 0 Å². The van der Waals surface area contributed by atoms with E-state index >= 15 is 0 Å². The highest BCUT2D eigenvalue weighted by atomic mass is 35.5. The minimum absolute atomic E-state index is 0.181. The van der Waals surface area contributed by atoms with Gasteiger partial charge in [-0.2, -0.15) is 0 Å². The van der Waals surface area contributed by atoms with Crippen LogP contribution in [0, 0.1) is 0 Å². The smallest absolute Gasteiger partial charge is 0.245 e. The number of nitrogens with one attached hydrogen (secondary N) is 1. The molecule has 1 N–H and O–H groups in total. The number of rotatable bonds is 5. The number of carbonyl (C=O) groups excluding carboxylic acids is 1. The highest BCUT2D eigenvalue weighted by Crippen LogP contribution is 2.22. The minimum atomic E-state index is -3.61. The molecule has 126 valence electrons. The Morgan fingerprint density at radius 1 is 1.08 bits per heavy atom. The van der Waals surface area contributed by atoms with E-state index in [1.807, 2.05) is 30.3 Å². The molecule has 1 fully saturated rings. The summed E-state index contributed by atoms with van der Waals surface area (Å²) in [6.07, 6.45) is 0.452. The first-order valence-electron chi connectivity index (χ1n) is 7.55. The van der Waals surface area contributed by atoms with Crippen molar-refractivity contribution in [3.63, 3.8) is 0 Å². The summed E-state index contributed by atoms with van der Waals surface area (Å²) < 4.78 is 27.1. The predicted molar refractivity (Wildman–Crippen MR) is 94.4 cm³/mol. The van der Waals surface area contributed by atoms with Crippen LogP contribution >= 0.6 is 11.6 Å². The van der Waals surface area contributed by atoms with Gasteiger partial charge in [-0.15, -0.1) is 0 Å². The Hall–Kier alpha value is -1.89. The lowest BCUT2D eigenvalue weighted by Crippen LogP contribution is -2.41. The maximum absolute atomic E-state index is 12.5. The van der Waals surface area contributed by atoms with Gasteiger partial charge in [0.2, 0.25) is 15.9 Å². The van der Waals surface area contributed by atoms with Gasteiger partial charge in [-0.3, -0.25) is 4.79 Å². The molecule has 5 nitrogen and oxygen atoms in total. The average molecular weight is 365 g/mol. The molecule has 0 aromatic heterocycles. The third-order valence-electron chi connectivity index (χ3n) is 3.87. The van der Waals surface area contributed by atoms with Crippen molar-refractivity contribution in [1.82, 2.24) is 4.72 Å². The van der Waals surface area contributed by atoms with Crippen molar-refractivity contribution in [3.8, 4) is 0 Å². The Morgan fingerprint density at radius 2 is 1.75 bits per heavy atom. The molecule has 1 aliphatic rings. The first-order chi connectivity index (χ1) is 11.4. The monoisotopic (exact) mass is 364 g/mol. The lowest BCUT2D eigenvalue weighted by atomic mass is 10.2. The minimum Gasteiger partial charge on any atom is -0.311 e. The van der Waals surface area contributed by atoms with Crippen LogP contribution in [-0.4, -0.2) is 26.9 Å². The normalized spacial score (nSPS) is 18.1. The van der Waals surface area contributed by atoms with E-state index in [0.29, 0.717) is 23.6 Å². The summed E-state index contributed by atoms with van der Waals surface area (Å²) in [5.74, 6) is -0.403. The second-order valence-electron chi connectivity index (χ2n) is 5.67. The van der Waals surface area contributed by atoms with E-state index in [1.165, 1.54) is 0 Å². The molecule has 1 aliphatic heterocycles. The SMILES string of the molecule is O=C1C(NS(=O)(=O)Cc2ccc(Cl)cc2)CCN1c1ccccc1. The topological polar surface area (TPSA) is 66.5 Å². The number of hydrogen-bond donors (Lipinski definition) is 1. The van der Waals surface area contributed by atoms with Gasteiger partial charge in [-0.05, 0) is 36.2 Å². The third-order valence-corrected chi connectivity index (χ3v) is 5.47. The average Bonchev–Trinajstić information content (AvgIpc) is 2.90. The van der Waals surface area contributed by atoms with Crippen LogP contribution < -0.4 is 9.62 Å². The van der Waals surface area contributed by atoms with Gasteiger partial charge >= 0.3 is 0 Å². The largest absolute Gasteiger partial charge is 0.311 e. The predicted octanol–water partition coefficient (Wildman–Crippen LogP) is 2.56. The number of nitrogens with zero attached hydrogens (tertiary/aromatic N) is 1. The maximum atomic E-state index is 12.5.